The second-order valence-corrected chi connectivity index (χ2v) is 5.41. The lowest BCUT2D eigenvalue weighted by Crippen LogP contribution is -2.18. The summed E-state index contributed by atoms with van der Waals surface area (Å²) in [6.07, 6.45) is 0.960. The van der Waals surface area contributed by atoms with Gasteiger partial charge in [-0.25, -0.2) is 0 Å². The van der Waals surface area contributed by atoms with Gasteiger partial charge in [0.2, 0.25) is 0 Å². The lowest BCUT2D eigenvalue weighted by molar-refractivity contribution is 0.119. The second kappa shape index (κ2) is 6.97. The average Bonchev–Trinajstić information content (AvgIpc) is 2.91. The van der Waals surface area contributed by atoms with Crippen molar-refractivity contribution in [2.45, 2.75) is 26.3 Å². The number of aromatic nitrogens is 2. The number of hydrogen-bond acceptors (Lipinski definition) is 5. The number of hydrogen-bond donors (Lipinski definition) is 1. The predicted octanol–water partition coefficient (Wildman–Crippen LogP) is 3.23. The Kier molecular flexibility index (Phi) is 5.28. The molecule has 0 fully saturated rings. The van der Waals surface area contributed by atoms with Crippen molar-refractivity contribution in [2.75, 3.05) is 13.2 Å². The van der Waals surface area contributed by atoms with Crippen LogP contribution in [0.1, 0.15) is 30.8 Å². The van der Waals surface area contributed by atoms with E-state index in [0.717, 1.165) is 22.0 Å². The van der Waals surface area contributed by atoms with Crippen LogP contribution < -0.4 is 5.73 Å². The molecule has 0 saturated carbocycles. The fourth-order valence-corrected chi connectivity index (χ4v) is 2.13. The van der Waals surface area contributed by atoms with Gasteiger partial charge in [0.05, 0.1) is 12.6 Å². The molecule has 0 bridgehead atoms. The van der Waals surface area contributed by atoms with E-state index < -0.39 is 0 Å². The molecule has 0 spiro atoms. The second-order valence-electron chi connectivity index (χ2n) is 4.55. The maximum atomic E-state index is 5.98. The Morgan fingerprint density at radius 1 is 1.45 bits per heavy atom. The average molecular weight is 340 g/mol. The van der Waals surface area contributed by atoms with Crippen LogP contribution in [0.25, 0.3) is 11.5 Å². The molecule has 20 heavy (non-hydrogen) atoms. The Hall–Kier alpha value is -1.24. The molecular formula is C14H18BrN3O2. The largest absolute Gasteiger partial charge is 0.379 e. The van der Waals surface area contributed by atoms with Crippen molar-refractivity contribution in [3.05, 3.63) is 34.1 Å². The summed E-state index contributed by atoms with van der Waals surface area (Å²) in [7, 11) is 0. The lowest BCUT2D eigenvalue weighted by atomic mass is 10.1. The number of nitrogens with zero attached hydrogens (tertiary/aromatic N) is 2. The zero-order valence-corrected chi connectivity index (χ0v) is 13.2. The summed E-state index contributed by atoms with van der Waals surface area (Å²) in [5.41, 5.74) is 7.93. The number of ether oxygens (including phenoxy) is 1. The van der Waals surface area contributed by atoms with Crippen molar-refractivity contribution in [3.63, 3.8) is 0 Å². The minimum atomic E-state index is -0.369. The summed E-state index contributed by atoms with van der Waals surface area (Å²) in [6.45, 7) is 5.12. The summed E-state index contributed by atoms with van der Waals surface area (Å²) >= 11 is 3.49. The highest BCUT2D eigenvalue weighted by Gasteiger charge is 2.17. The van der Waals surface area contributed by atoms with Crippen LogP contribution in [0.5, 0.6) is 0 Å². The van der Waals surface area contributed by atoms with Gasteiger partial charge in [0.25, 0.3) is 5.89 Å². The smallest absolute Gasteiger partial charge is 0.258 e. The van der Waals surface area contributed by atoms with Gasteiger partial charge in [-0.2, -0.15) is 4.98 Å². The van der Waals surface area contributed by atoms with Gasteiger partial charge in [-0.3, -0.25) is 0 Å². The molecule has 0 amide bonds. The van der Waals surface area contributed by atoms with Crippen LogP contribution in [-0.4, -0.2) is 23.4 Å². The number of halogens is 1. The zero-order valence-electron chi connectivity index (χ0n) is 11.6. The van der Waals surface area contributed by atoms with Gasteiger partial charge >= 0.3 is 0 Å². The van der Waals surface area contributed by atoms with Gasteiger partial charge in [-0.1, -0.05) is 34.1 Å². The zero-order chi connectivity index (χ0) is 14.5. The van der Waals surface area contributed by atoms with Gasteiger partial charge in [-0.05, 0) is 31.0 Å². The molecule has 108 valence electrons. The Morgan fingerprint density at radius 3 is 3.00 bits per heavy atom. The Labute approximate surface area is 126 Å². The van der Waals surface area contributed by atoms with Crippen LogP contribution in [0.2, 0.25) is 0 Å². The summed E-state index contributed by atoms with van der Waals surface area (Å²) in [5.74, 6) is 0.945. The summed E-state index contributed by atoms with van der Waals surface area (Å²) < 4.78 is 11.7. The first-order valence-corrected chi connectivity index (χ1v) is 7.35. The van der Waals surface area contributed by atoms with E-state index in [0.29, 0.717) is 24.9 Å². The summed E-state index contributed by atoms with van der Waals surface area (Å²) in [4.78, 5) is 4.36. The molecule has 1 aromatic carbocycles. The van der Waals surface area contributed by atoms with E-state index in [1.54, 1.807) is 0 Å². The summed E-state index contributed by atoms with van der Waals surface area (Å²) in [6, 6.07) is 5.48. The molecule has 1 unspecified atom stereocenters. The van der Waals surface area contributed by atoms with E-state index in [9.17, 15) is 0 Å². The minimum absolute atomic E-state index is 0.369. The minimum Gasteiger partial charge on any atom is -0.379 e. The molecule has 0 aliphatic carbocycles. The van der Waals surface area contributed by atoms with Gasteiger partial charge in [0.15, 0.2) is 5.82 Å². The third-order valence-electron chi connectivity index (χ3n) is 2.92. The molecule has 6 heteroatoms. The third-order valence-corrected chi connectivity index (χ3v) is 3.78. The molecule has 0 radical (unpaired) electrons. The SMILES string of the molecule is CCCOCC(N)c1noc(-c2cccc(Br)c2C)n1. The molecule has 1 heterocycles. The topological polar surface area (TPSA) is 74.2 Å². The van der Waals surface area contributed by atoms with Crippen LogP contribution in [0.15, 0.2) is 27.2 Å². The van der Waals surface area contributed by atoms with Gasteiger partial charge in [-0.15, -0.1) is 0 Å². The van der Waals surface area contributed by atoms with Gasteiger partial charge in [0.1, 0.15) is 0 Å². The van der Waals surface area contributed by atoms with E-state index in [1.165, 1.54) is 0 Å². The van der Waals surface area contributed by atoms with E-state index in [2.05, 4.69) is 26.1 Å². The van der Waals surface area contributed by atoms with Crippen LogP contribution >= 0.6 is 15.9 Å². The normalized spacial score (nSPS) is 12.6. The lowest BCUT2D eigenvalue weighted by Gasteiger charge is -2.06. The van der Waals surface area contributed by atoms with Crippen molar-refractivity contribution in [1.29, 1.82) is 0 Å². The van der Waals surface area contributed by atoms with E-state index in [1.807, 2.05) is 32.0 Å². The van der Waals surface area contributed by atoms with Crippen LogP contribution in [0.3, 0.4) is 0 Å². The fraction of sp³-hybridized carbons (Fsp3) is 0.429. The highest BCUT2D eigenvalue weighted by Crippen LogP contribution is 2.27. The molecule has 0 aliphatic heterocycles. The maximum Gasteiger partial charge on any atom is 0.258 e. The first-order valence-electron chi connectivity index (χ1n) is 6.56. The molecule has 2 rings (SSSR count). The molecule has 1 aromatic heterocycles. The maximum absolute atomic E-state index is 5.98. The van der Waals surface area contributed by atoms with Crippen molar-refractivity contribution in [2.24, 2.45) is 5.73 Å². The van der Waals surface area contributed by atoms with Crippen molar-refractivity contribution < 1.29 is 9.26 Å². The molecule has 0 saturated heterocycles. The highest BCUT2D eigenvalue weighted by molar-refractivity contribution is 9.10. The highest BCUT2D eigenvalue weighted by atomic mass is 79.9. The third kappa shape index (κ3) is 3.45. The molecule has 2 N–H and O–H groups in total. The van der Waals surface area contributed by atoms with Gasteiger partial charge in [0, 0.05) is 16.6 Å². The number of nitrogens with two attached hydrogens (primary N) is 1. The predicted molar refractivity (Wildman–Crippen MR) is 80.2 cm³/mol. The Balaban J connectivity index is 2.14. The summed E-state index contributed by atoms with van der Waals surface area (Å²) in [5, 5.41) is 3.94. The van der Waals surface area contributed by atoms with E-state index >= 15 is 0 Å². The van der Waals surface area contributed by atoms with Crippen molar-refractivity contribution in [3.8, 4) is 11.5 Å². The Morgan fingerprint density at radius 2 is 2.25 bits per heavy atom. The molecule has 5 nitrogen and oxygen atoms in total. The molecule has 2 aromatic rings. The van der Waals surface area contributed by atoms with Crippen LogP contribution in [-0.2, 0) is 4.74 Å². The van der Waals surface area contributed by atoms with E-state index in [4.69, 9.17) is 15.0 Å². The quantitative estimate of drug-likeness (QED) is 0.817. The molecule has 1 atom stereocenters. The Bertz CT molecular complexity index is 571. The monoisotopic (exact) mass is 339 g/mol. The number of rotatable bonds is 6. The van der Waals surface area contributed by atoms with Crippen LogP contribution in [0.4, 0.5) is 0 Å². The molecular weight excluding hydrogens is 322 g/mol. The van der Waals surface area contributed by atoms with Crippen LogP contribution in [0, 0.1) is 6.92 Å². The first-order chi connectivity index (χ1) is 9.63. The van der Waals surface area contributed by atoms with Crippen molar-refractivity contribution in [1.82, 2.24) is 10.1 Å². The molecule has 0 aliphatic rings. The fourth-order valence-electron chi connectivity index (χ4n) is 1.76. The standard InChI is InChI=1S/C14H18BrN3O2/c1-3-7-19-8-12(16)13-17-14(20-18-13)10-5-4-6-11(15)9(10)2/h4-6,12H,3,7-8,16H2,1-2H3. The van der Waals surface area contributed by atoms with Crippen molar-refractivity contribution >= 4 is 15.9 Å². The van der Waals surface area contributed by atoms with E-state index in [-0.39, 0.29) is 6.04 Å². The first kappa shape index (κ1) is 15.2. The van der Waals surface area contributed by atoms with Gasteiger partial charge < -0.3 is 15.0 Å². The number of benzene rings is 1.